The second-order valence-corrected chi connectivity index (χ2v) is 15.5. The van der Waals surface area contributed by atoms with Crippen molar-refractivity contribution in [3.05, 3.63) is 0 Å². The normalized spacial score (nSPS) is 17.2. The van der Waals surface area contributed by atoms with Gasteiger partial charge in [0.25, 0.3) is 0 Å². The van der Waals surface area contributed by atoms with E-state index in [2.05, 4.69) is 55.4 Å². The molecule has 0 aromatic carbocycles. The molecule has 0 heterocycles. The van der Waals surface area contributed by atoms with Gasteiger partial charge in [-0.15, -0.1) is 0 Å². The van der Waals surface area contributed by atoms with Crippen molar-refractivity contribution in [3.63, 3.8) is 0 Å². The van der Waals surface area contributed by atoms with Crippen LogP contribution in [0.1, 0.15) is 158 Å². The Hall–Kier alpha value is 0.806. The van der Waals surface area contributed by atoms with Crippen LogP contribution < -0.4 is 9.79 Å². The number of rotatable bonds is 26. The minimum atomic E-state index is -3.65. The molecule has 6 atom stereocenters. The summed E-state index contributed by atoms with van der Waals surface area (Å²) in [6.45, 7) is 17.7. The van der Waals surface area contributed by atoms with Gasteiger partial charge in [0.05, 0.1) is 13.2 Å². The Morgan fingerprint density at radius 1 is 0.488 bits per heavy atom. The summed E-state index contributed by atoms with van der Waals surface area (Å²) in [4.78, 5) is 24.1. The molecule has 0 N–H and O–H groups in total. The summed E-state index contributed by atoms with van der Waals surface area (Å²) in [5.74, 6) is 1.28. The molecule has 0 aliphatic rings. The van der Waals surface area contributed by atoms with Crippen molar-refractivity contribution in [2.24, 2.45) is 23.7 Å². The van der Waals surface area contributed by atoms with Crippen molar-refractivity contribution >= 4 is 15.2 Å². The van der Waals surface area contributed by atoms with Crippen LogP contribution in [0.3, 0.4) is 0 Å². The van der Waals surface area contributed by atoms with E-state index in [9.17, 15) is 18.9 Å². The molecule has 1 radical (unpaired) electrons. The molecule has 0 saturated carbocycles. The number of hydrogen-bond acceptors (Lipinski definition) is 6. The van der Waals surface area contributed by atoms with Gasteiger partial charge in [-0.3, -0.25) is 0 Å². The molecular formula is C32H68CoO6P2. The van der Waals surface area contributed by atoms with Crippen LogP contribution in [0.5, 0.6) is 0 Å². The molecule has 0 aromatic rings. The Kier molecular flexibility index (Phi) is 33.3. The van der Waals surface area contributed by atoms with Crippen LogP contribution in [0.4, 0.5) is 0 Å². The summed E-state index contributed by atoms with van der Waals surface area (Å²) < 4.78 is 34.7. The molecule has 0 spiro atoms. The second-order valence-electron chi connectivity index (χ2n) is 11.8. The van der Waals surface area contributed by atoms with Crippen molar-refractivity contribution in [1.29, 1.82) is 0 Å². The maximum absolute atomic E-state index is 12.1. The standard InChI is InChI=1S/2C16H35O3P.Co/c2*1-5-9-11-15(7-3)13-19-20(17,18)14-16(8-4)12-10-6-2;/h2*15-16H,5-14H2,1-4H3,(H,17,18);/q;;+2/p-2. The first kappa shape index (κ1) is 46.2. The molecule has 6 unspecified atom stereocenters. The smallest absolute Gasteiger partial charge is 0.778 e. The second kappa shape index (κ2) is 29.5. The summed E-state index contributed by atoms with van der Waals surface area (Å²) in [6.07, 6.45) is 17.4. The SMILES string of the molecule is CCCCC(CC)COP(=O)([O-])CC(CC)CCCC.CCCCC(CC)COP(=O)([O-])CC(CC)CCCC.[Co+2]. The van der Waals surface area contributed by atoms with Gasteiger partial charge in [-0.25, -0.2) is 0 Å². The topological polar surface area (TPSA) is 98.7 Å². The third-order valence-electron chi connectivity index (χ3n) is 8.15. The summed E-state index contributed by atoms with van der Waals surface area (Å²) in [5.41, 5.74) is 0. The molecule has 6 nitrogen and oxygen atoms in total. The van der Waals surface area contributed by atoms with Crippen LogP contribution in [0, 0.1) is 23.7 Å². The summed E-state index contributed by atoms with van der Waals surface area (Å²) in [7, 11) is -7.31. The summed E-state index contributed by atoms with van der Waals surface area (Å²) >= 11 is 0. The van der Waals surface area contributed by atoms with E-state index in [1.165, 1.54) is 0 Å². The molecule has 0 aliphatic heterocycles. The first-order valence-electron chi connectivity index (χ1n) is 16.9. The van der Waals surface area contributed by atoms with Crippen molar-refractivity contribution in [1.82, 2.24) is 0 Å². The average molecular weight is 670 g/mol. The van der Waals surface area contributed by atoms with E-state index in [-0.39, 0.29) is 40.9 Å². The summed E-state index contributed by atoms with van der Waals surface area (Å²) in [5, 5.41) is 0. The van der Waals surface area contributed by atoms with Gasteiger partial charge < -0.3 is 28.0 Å². The molecule has 0 amide bonds. The molecule has 9 heteroatoms. The number of hydrogen-bond donors (Lipinski definition) is 0. The van der Waals surface area contributed by atoms with Crippen molar-refractivity contribution < 1.29 is 44.7 Å². The molecule has 0 bridgehead atoms. The molecule has 0 saturated heterocycles. The van der Waals surface area contributed by atoms with E-state index in [1.807, 2.05) is 0 Å². The zero-order chi connectivity index (χ0) is 30.9. The van der Waals surface area contributed by atoms with Gasteiger partial charge in [0, 0.05) is 12.3 Å². The molecule has 41 heavy (non-hydrogen) atoms. The molecule has 0 aromatic heterocycles. The van der Waals surface area contributed by atoms with Gasteiger partial charge in [-0.1, -0.05) is 132 Å². The third-order valence-corrected chi connectivity index (χ3v) is 11.2. The summed E-state index contributed by atoms with van der Waals surface area (Å²) in [6, 6.07) is 0. The molecule has 0 rings (SSSR count). The molecule has 0 fully saturated rings. The van der Waals surface area contributed by atoms with E-state index in [1.54, 1.807) is 0 Å². The molecule has 0 aliphatic carbocycles. The fraction of sp³-hybridized carbons (Fsp3) is 1.00. The monoisotopic (exact) mass is 669 g/mol. The van der Waals surface area contributed by atoms with E-state index in [4.69, 9.17) is 9.05 Å². The van der Waals surface area contributed by atoms with Gasteiger partial charge in [-0.2, -0.15) is 0 Å². The molecule has 251 valence electrons. The van der Waals surface area contributed by atoms with Gasteiger partial charge in [-0.05, 0) is 49.4 Å². The zero-order valence-corrected chi connectivity index (χ0v) is 31.0. The van der Waals surface area contributed by atoms with E-state index < -0.39 is 15.2 Å². The molecular weight excluding hydrogens is 601 g/mol. The maximum Gasteiger partial charge on any atom is 2.00 e. The zero-order valence-electron chi connectivity index (χ0n) is 28.1. The predicted octanol–water partition coefficient (Wildman–Crippen LogP) is 9.98. The quantitative estimate of drug-likeness (QED) is 0.0851. The van der Waals surface area contributed by atoms with Crippen molar-refractivity contribution in [2.45, 2.75) is 158 Å². The minimum absolute atomic E-state index is 0. The van der Waals surface area contributed by atoms with Crippen LogP contribution >= 0.6 is 15.2 Å². The Morgan fingerprint density at radius 2 is 0.732 bits per heavy atom. The van der Waals surface area contributed by atoms with Crippen LogP contribution in [0.25, 0.3) is 0 Å². The van der Waals surface area contributed by atoms with E-state index >= 15 is 0 Å². The van der Waals surface area contributed by atoms with Gasteiger partial charge in [0.1, 0.15) is 15.2 Å². The van der Waals surface area contributed by atoms with E-state index in [0.717, 1.165) is 103 Å². The van der Waals surface area contributed by atoms with Crippen LogP contribution in [-0.4, -0.2) is 25.5 Å². The van der Waals surface area contributed by atoms with Crippen LogP contribution in [0.15, 0.2) is 0 Å². The first-order valence-corrected chi connectivity index (χ1v) is 20.3. The third kappa shape index (κ3) is 28.0. The largest absolute Gasteiger partial charge is 2.00 e. The fourth-order valence-electron chi connectivity index (χ4n) is 4.81. The minimum Gasteiger partial charge on any atom is -0.778 e. The van der Waals surface area contributed by atoms with Crippen LogP contribution in [-0.2, 0) is 35.0 Å². The number of unbranched alkanes of at least 4 members (excludes halogenated alkanes) is 4. The Balaban J connectivity index is -0.000000688. The maximum atomic E-state index is 12.1. The van der Waals surface area contributed by atoms with Crippen molar-refractivity contribution in [2.75, 3.05) is 25.5 Å². The van der Waals surface area contributed by atoms with Gasteiger partial charge >= 0.3 is 16.8 Å². The van der Waals surface area contributed by atoms with Gasteiger partial charge in [0.15, 0.2) is 0 Å². The van der Waals surface area contributed by atoms with Crippen molar-refractivity contribution in [3.8, 4) is 0 Å². The Morgan fingerprint density at radius 3 is 0.951 bits per heavy atom. The van der Waals surface area contributed by atoms with Gasteiger partial charge in [0.2, 0.25) is 0 Å². The first-order chi connectivity index (χ1) is 19.0. The predicted molar refractivity (Wildman–Crippen MR) is 170 cm³/mol. The van der Waals surface area contributed by atoms with Crippen LogP contribution in [0.2, 0.25) is 0 Å². The fourth-order valence-corrected chi connectivity index (χ4v) is 8.04. The Labute approximate surface area is 266 Å². The van der Waals surface area contributed by atoms with E-state index in [0.29, 0.717) is 25.0 Å². The average Bonchev–Trinajstić information content (AvgIpc) is 2.93. The Bertz CT molecular complexity index is 598.